The molecule has 0 radical (unpaired) electrons. The number of carbonyl (C=O) groups is 2. The lowest BCUT2D eigenvalue weighted by Crippen LogP contribution is -2.15. The molecule has 1 heterocycles. The molecule has 33 heavy (non-hydrogen) atoms. The Labute approximate surface area is 195 Å². The van der Waals surface area contributed by atoms with Crippen LogP contribution in [0.4, 0.5) is 5.69 Å². The zero-order valence-electron chi connectivity index (χ0n) is 17.7. The third-order valence-electron chi connectivity index (χ3n) is 4.92. The van der Waals surface area contributed by atoms with Crippen LogP contribution in [0.3, 0.4) is 0 Å². The minimum atomic E-state index is -0.288. The number of benzene rings is 3. The van der Waals surface area contributed by atoms with Crippen molar-refractivity contribution in [2.75, 3.05) is 12.4 Å². The third-order valence-corrected chi connectivity index (χ3v) is 5.15. The summed E-state index contributed by atoms with van der Waals surface area (Å²) >= 11 is 6.10. The first kappa shape index (κ1) is 22.2. The number of anilines is 1. The molecule has 0 unspecified atom stereocenters. The highest BCUT2D eigenvalue weighted by Crippen LogP contribution is 2.24. The highest BCUT2D eigenvalue weighted by molar-refractivity contribution is 6.31. The third kappa shape index (κ3) is 5.45. The highest BCUT2D eigenvalue weighted by atomic mass is 35.5. The van der Waals surface area contributed by atoms with Gasteiger partial charge in [-0.15, -0.1) is 0 Å². The normalized spacial score (nSPS) is 10.6. The van der Waals surface area contributed by atoms with Gasteiger partial charge in [-0.25, -0.2) is 0 Å². The maximum atomic E-state index is 12.9. The van der Waals surface area contributed by atoms with Gasteiger partial charge < -0.3 is 14.6 Å². The Morgan fingerprint density at radius 2 is 1.79 bits per heavy atom. The summed E-state index contributed by atoms with van der Waals surface area (Å²) in [5.41, 5.74) is 2.00. The smallest absolute Gasteiger partial charge is 0.227 e. The van der Waals surface area contributed by atoms with E-state index in [9.17, 15) is 9.59 Å². The molecule has 0 bridgehead atoms. The molecule has 0 aliphatic heterocycles. The Hall–Kier alpha value is -3.97. The first-order valence-electron chi connectivity index (χ1n) is 10.2. The number of halogens is 1. The average molecular weight is 462 g/mol. The Morgan fingerprint density at radius 3 is 2.52 bits per heavy atom. The van der Waals surface area contributed by atoms with Crippen LogP contribution in [0.2, 0.25) is 5.02 Å². The lowest BCUT2D eigenvalue weighted by molar-refractivity contribution is -0.116. The van der Waals surface area contributed by atoms with Gasteiger partial charge in [0.15, 0.2) is 5.78 Å². The number of amides is 1. The molecule has 0 fully saturated rings. The van der Waals surface area contributed by atoms with E-state index in [1.807, 2.05) is 18.2 Å². The van der Waals surface area contributed by atoms with Gasteiger partial charge in [0.1, 0.15) is 5.75 Å². The zero-order valence-corrected chi connectivity index (χ0v) is 18.5. The van der Waals surface area contributed by atoms with Crippen molar-refractivity contribution in [1.29, 1.82) is 0 Å². The van der Waals surface area contributed by atoms with Crippen LogP contribution in [0, 0.1) is 0 Å². The number of aromatic nitrogens is 2. The van der Waals surface area contributed by atoms with Crippen LogP contribution < -0.4 is 10.1 Å². The van der Waals surface area contributed by atoms with Gasteiger partial charge in [0, 0.05) is 34.6 Å². The van der Waals surface area contributed by atoms with Gasteiger partial charge in [-0.2, -0.15) is 4.98 Å². The van der Waals surface area contributed by atoms with E-state index in [0.717, 1.165) is 11.3 Å². The molecule has 0 atom stereocenters. The van der Waals surface area contributed by atoms with Crippen LogP contribution in [-0.4, -0.2) is 28.9 Å². The minimum absolute atomic E-state index is 0.103. The molecule has 166 valence electrons. The quantitative estimate of drug-likeness (QED) is 0.362. The number of hydrogen-bond acceptors (Lipinski definition) is 6. The van der Waals surface area contributed by atoms with E-state index < -0.39 is 0 Å². The topological polar surface area (TPSA) is 94.3 Å². The maximum absolute atomic E-state index is 12.9. The summed E-state index contributed by atoms with van der Waals surface area (Å²) in [5.74, 6) is 0.985. The summed E-state index contributed by atoms with van der Waals surface area (Å²) < 4.78 is 10.4. The van der Waals surface area contributed by atoms with Crippen molar-refractivity contribution in [3.05, 3.63) is 94.8 Å². The van der Waals surface area contributed by atoms with E-state index in [2.05, 4.69) is 15.5 Å². The number of aryl methyl sites for hydroxylation is 1. The van der Waals surface area contributed by atoms with Gasteiger partial charge in [0.05, 0.1) is 12.8 Å². The second kappa shape index (κ2) is 10.1. The fourth-order valence-electron chi connectivity index (χ4n) is 3.21. The molecule has 4 aromatic rings. The number of rotatable bonds is 8. The van der Waals surface area contributed by atoms with Crippen molar-refractivity contribution in [2.24, 2.45) is 0 Å². The van der Waals surface area contributed by atoms with Gasteiger partial charge in [-0.1, -0.05) is 47.1 Å². The molecule has 0 saturated carbocycles. The molecule has 8 heteroatoms. The molecule has 0 aliphatic rings. The largest absolute Gasteiger partial charge is 0.497 e. The summed E-state index contributed by atoms with van der Waals surface area (Å²) in [5, 5.41) is 7.16. The Balaban J connectivity index is 1.41. The standard InChI is InChI=1S/C25H20ClN3O4/c1-32-19-10-7-17(8-11-19)25-28-23(33-29-25)14-13-22(30)27-21-12-9-18(26)15-20(21)24(31)16-5-3-2-4-6-16/h2-12,15H,13-14H2,1H3,(H,27,30). The fraction of sp³-hybridized carbons (Fsp3) is 0.120. The molecule has 7 nitrogen and oxygen atoms in total. The molecule has 3 aromatic carbocycles. The lowest BCUT2D eigenvalue weighted by Gasteiger charge is -2.11. The van der Waals surface area contributed by atoms with Crippen LogP contribution >= 0.6 is 11.6 Å². The van der Waals surface area contributed by atoms with Crippen molar-refractivity contribution in [1.82, 2.24) is 10.1 Å². The number of ether oxygens (including phenoxy) is 1. The molecule has 1 N–H and O–H groups in total. The van der Waals surface area contributed by atoms with Crippen molar-refractivity contribution in [3.8, 4) is 17.1 Å². The monoisotopic (exact) mass is 461 g/mol. The van der Waals surface area contributed by atoms with Crippen LogP contribution in [-0.2, 0) is 11.2 Å². The van der Waals surface area contributed by atoms with Gasteiger partial charge in [0.25, 0.3) is 0 Å². The molecule has 4 rings (SSSR count). The Kier molecular flexibility index (Phi) is 6.80. The summed E-state index contributed by atoms with van der Waals surface area (Å²) in [6.45, 7) is 0. The second-order valence-corrected chi connectivity index (χ2v) is 7.61. The molecule has 1 aromatic heterocycles. The molecule has 1 amide bonds. The van der Waals surface area contributed by atoms with Gasteiger partial charge >= 0.3 is 0 Å². The number of nitrogens with zero attached hydrogens (tertiary/aromatic N) is 2. The number of methoxy groups -OCH3 is 1. The summed E-state index contributed by atoms with van der Waals surface area (Å²) in [6.07, 6.45) is 0.358. The molecular weight excluding hydrogens is 442 g/mol. The highest BCUT2D eigenvalue weighted by Gasteiger charge is 2.17. The number of carbonyl (C=O) groups excluding carboxylic acids is 2. The molecule has 0 spiro atoms. The van der Waals surface area contributed by atoms with Crippen LogP contribution in [0.15, 0.2) is 77.3 Å². The van der Waals surface area contributed by atoms with Gasteiger partial charge in [-0.05, 0) is 42.5 Å². The lowest BCUT2D eigenvalue weighted by atomic mass is 10.0. The minimum Gasteiger partial charge on any atom is -0.497 e. The first-order chi connectivity index (χ1) is 16.0. The zero-order chi connectivity index (χ0) is 23.2. The predicted octanol–water partition coefficient (Wildman–Crippen LogP) is 5.20. The van der Waals surface area contributed by atoms with Crippen LogP contribution in [0.1, 0.15) is 28.2 Å². The van der Waals surface area contributed by atoms with Gasteiger partial charge in [0.2, 0.25) is 17.6 Å². The van der Waals surface area contributed by atoms with E-state index in [0.29, 0.717) is 33.6 Å². The van der Waals surface area contributed by atoms with Crippen molar-refractivity contribution in [2.45, 2.75) is 12.8 Å². The van der Waals surface area contributed by atoms with E-state index in [-0.39, 0.29) is 24.5 Å². The fourth-order valence-corrected chi connectivity index (χ4v) is 3.38. The number of nitrogens with one attached hydrogen (secondary N) is 1. The maximum Gasteiger partial charge on any atom is 0.227 e. The SMILES string of the molecule is COc1ccc(-c2noc(CCC(=O)Nc3ccc(Cl)cc3C(=O)c3ccccc3)n2)cc1. The predicted molar refractivity (Wildman–Crippen MR) is 125 cm³/mol. The van der Waals surface area contributed by atoms with Crippen LogP contribution in [0.5, 0.6) is 5.75 Å². The van der Waals surface area contributed by atoms with E-state index in [1.165, 1.54) is 0 Å². The summed E-state index contributed by atoms with van der Waals surface area (Å²) in [7, 11) is 1.59. The molecule has 0 saturated heterocycles. The molecular formula is C25H20ClN3O4. The second-order valence-electron chi connectivity index (χ2n) is 7.17. The van der Waals surface area contributed by atoms with Crippen molar-refractivity contribution >= 4 is 29.0 Å². The van der Waals surface area contributed by atoms with Crippen molar-refractivity contribution < 1.29 is 18.8 Å². The average Bonchev–Trinajstić information content (AvgIpc) is 3.33. The first-order valence-corrected chi connectivity index (χ1v) is 10.6. The van der Waals surface area contributed by atoms with Crippen LogP contribution in [0.25, 0.3) is 11.4 Å². The molecule has 0 aliphatic carbocycles. The Morgan fingerprint density at radius 1 is 1.03 bits per heavy atom. The van der Waals surface area contributed by atoms with Crippen molar-refractivity contribution in [3.63, 3.8) is 0 Å². The summed E-state index contributed by atoms with van der Waals surface area (Å²) in [6, 6.07) is 20.9. The van der Waals surface area contributed by atoms with E-state index >= 15 is 0 Å². The number of ketones is 1. The number of hydrogen-bond donors (Lipinski definition) is 1. The van der Waals surface area contributed by atoms with Gasteiger partial charge in [-0.3, -0.25) is 9.59 Å². The van der Waals surface area contributed by atoms with E-state index in [4.69, 9.17) is 20.9 Å². The summed E-state index contributed by atoms with van der Waals surface area (Å²) in [4.78, 5) is 29.8. The Bertz CT molecular complexity index is 1270. The van der Waals surface area contributed by atoms with E-state index in [1.54, 1.807) is 61.7 Å².